The molecule has 2 heterocycles. The predicted octanol–water partition coefficient (Wildman–Crippen LogP) is 4.59. The van der Waals surface area contributed by atoms with E-state index >= 15 is 0 Å². The monoisotopic (exact) mass is 347 g/mol. The first kappa shape index (κ1) is 16.5. The molecule has 1 aliphatic carbocycles. The van der Waals surface area contributed by atoms with Crippen LogP contribution in [-0.2, 0) is 0 Å². The molecule has 1 aliphatic rings. The summed E-state index contributed by atoms with van der Waals surface area (Å²) in [6.07, 6.45) is 9.54. The fraction of sp³-hybridized carbons (Fsp3) is 0.286. The predicted molar refractivity (Wildman–Crippen MR) is 101 cm³/mol. The number of nitrogens with zero attached hydrogens (tertiary/aromatic N) is 2. The van der Waals surface area contributed by atoms with Crippen molar-refractivity contribution in [2.24, 2.45) is 0 Å². The Morgan fingerprint density at radius 3 is 2.69 bits per heavy atom. The molecule has 0 atom stereocenters. The SMILES string of the molecule is O=C(Nc1ccc2c(OC3CCCCC3)nccc2c1)c1ccccn1. The third-order valence-corrected chi connectivity index (χ3v) is 4.71. The highest BCUT2D eigenvalue weighted by molar-refractivity contribution is 6.04. The molecule has 5 heteroatoms. The minimum atomic E-state index is -0.224. The molecule has 0 unspecified atom stereocenters. The van der Waals surface area contributed by atoms with Gasteiger partial charge in [0.1, 0.15) is 11.8 Å². The summed E-state index contributed by atoms with van der Waals surface area (Å²) in [7, 11) is 0. The van der Waals surface area contributed by atoms with Crippen molar-refractivity contribution in [3.8, 4) is 5.88 Å². The summed E-state index contributed by atoms with van der Waals surface area (Å²) in [5.74, 6) is 0.453. The second-order valence-electron chi connectivity index (χ2n) is 6.60. The molecule has 1 aromatic carbocycles. The average molecular weight is 347 g/mol. The van der Waals surface area contributed by atoms with Crippen LogP contribution in [0, 0.1) is 0 Å². The highest BCUT2D eigenvalue weighted by Gasteiger charge is 2.17. The van der Waals surface area contributed by atoms with Gasteiger partial charge in [-0.05, 0) is 67.5 Å². The van der Waals surface area contributed by atoms with Crippen molar-refractivity contribution in [2.45, 2.75) is 38.2 Å². The molecule has 0 spiro atoms. The highest BCUT2D eigenvalue weighted by atomic mass is 16.5. The standard InChI is InChI=1S/C21H21N3O2/c25-20(19-8-4-5-12-22-19)24-16-9-10-18-15(14-16)11-13-23-21(18)26-17-6-2-1-3-7-17/h4-5,8-14,17H,1-3,6-7H2,(H,24,25). The molecule has 4 rings (SSSR count). The van der Waals surface area contributed by atoms with Crippen LogP contribution in [-0.4, -0.2) is 22.0 Å². The number of hydrogen-bond acceptors (Lipinski definition) is 4. The number of carbonyl (C=O) groups is 1. The van der Waals surface area contributed by atoms with Crippen molar-refractivity contribution in [1.82, 2.24) is 9.97 Å². The van der Waals surface area contributed by atoms with Gasteiger partial charge in [-0.2, -0.15) is 0 Å². The Balaban J connectivity index is 1.55. The number of amides is 1. The molecule has 1 saturated carbocycles. The van der Waals surface area contributed by atoms with Gasteiger partial charge in [0, 0.05) is 23.5 Å². The minimum absolute atomic E-state index is 0.224. The number of nitrogens with one attached hydrogen (secondary N) is 1. The van der Waals surface area contributed by atoms with Crippen molar-refractivity contribution in [3.63, 3.8) is 0 Å². The fourth-order valence-electron chi connectivity index (χ4n) is 3.35. The van der Waals surface area contributed by atoms with Crippen molar-refractivity contribution in [2.75, 3.05) is 5.32 Å². The summed E-state index contributed by atoms with van der Waals surface area (Å²) in [6.45, 7) is 0. The van der Waals surface area contributed by atoms with Gasteiger partial charge in [-0.25, -0.2) is 4.98 Å². The summed E-state index contributed by atoms with van der Waals surface area (Å²) in [6, 6.07) is 13.0. The van der Waals surface area contributed by atoms with E-state index in [1.807, 2.05) is 24.3 Å². The number of carbonyl (C=O) groups excluding carboxylic acids is 1. The first-order valence-electron chi connectivity index (χ1n) is 9.07. The summed E-state index contributed by atoms with van der Waals surface area (Å²) >= 11 is 0. The van der Waals surface area contributed by atoms with Crippen LogP contribution in [0.2, 0.25) is 0 Å². The lowest BCUT2D eigenvalue weighted by molar-refractivity contribution is 0.102. The lowest BCUT2D eigenvalue weighted by Gasteiger charge is -2.23. The van der Waals surface area contributed by atoms with Crippen LogP contribution >= 0.6 is 0 Å². The molecule has 5 nitrogen and oxygen atoms in total. The van der Waals surface area contributed by atoms with Crippen molar-refractivity contribution in [3.05, 3.63) is 60.6 Å². The molecule has 3 aromatic rings. The topological polar surface area (TPSA) is 64.1 Å². The lowest BCUT2D eigenvalue weighted by atomic mass is 9.98. The maximum Gasteiger partial charge on any atom is 0.274 e. The molecule has 1 N–H and O–H groups in total. The molecule has 2 aromatic heterocycles. The Morgan fingerprint density at radius 2 is 1.88 bits per heavy atom. The van der Waals surface area contributed by atoms with Gasteiger partial charge in [0.15, 0.2) is 0 Å². The van der Waals surface area contributed by atoms with E-state index in [1.165, 1.54) is 19.3 Å². The van der Waals surface area contributed by atoms with E-state index < -0.39 is 0 Å². The average Bonchev–Trinajstić information content (AvgIpc) is 2.69. The number of hydrogen-bond donors (Lipinski definition) is 1. The van der Waals surface area contributed by atoms with Crippen molar-refractivity contribution < 1.29 is 9.53 Å². The van der Waals surface area contributed by atoms with Crippen LogP contribution in [0.1, 0.15) is 42.6 Å². The zero-order valence-corrected chi connectivity index (χ0v) is 14.5. The molecule has 0 saturated heterocycles. The summed E-state index contributed by atoms with van der Waals surface area (Å²) in [5.41, 5.74) is 1.12. The molecular formula is C21H21N3O2. The molecule has 0 bridgehead atoms. The van der Waals surface area contributed by atoms with Gasteiger partial charge in [0.05, 0.1) is 0 Å². The normalized spacial score (nSPS) is 14.9. The lowest BCUT2D eigenvalue weighted by Crippen LogP contribution is -2.20. The molecule has 132 valence electrons. The second kappa shape index (κ2) is 7.52. The van der Waals surface area contributed by atoms with Crippen LogP contribution in [0.15, 0.2) is 54.9 Å². The van der Waals surface area contributed by atoms with Gasteiger partial charge in [0.2, 0.25) is 5.88 Å². The van der Waals surface area contributed by atoms with E-state index in [-0.39, 0.29) is 12.0 Å². The number of anilines is 1. The third kappa shape index (κ3) is 3.67. The van der Waals surface area contributed by atoms with E-state index in [2.05, 4.69) is 15.3 Å². The maximum absolute atomic E-state index is 12.3. The van der Waals surface area contributed by atoms with Crippen LogP contribution in [0.3, 0.4) is 0 Å². The Kier molecular flexibility index (Phi) is 4.78. The Hall–Kier alpha value is -2.95. The van der Waals surface area contributed by atoms with Gasteiger partial charge in [-0.1, -0.05) is 12.5 Å². The van der Waals surface area contributed by atoms with E-state index in [0.29, 0.717) is 11.6 Å². The molecule has 0 aliphatic heterocycles. The smallest absolute Gasteiger partial charge is 0.274 e. The van der Waals surface area contributed by atoms with Gasteiger partial charge < -0.3 is 10.1 Å². The first-order chi connectivity index (χ1) is 12.8. The number of benzene rings is 1. The number of rotatable bonds is 4. The van der Waals surface area contributed by atoms with E-state index in [9.17, 15) is 4.79 Å². The van der Waals surface area contributed by atoms with Gasteiger partial charge in [-0.15, -0.1) is 0 Å². The molecule has 26 heavy (non-hydrogen) atoms. The Bertz CT molecular complexity index is 906. The molecule has 0 radical (unpaired) electrons. The number of ether oxygens (including phenoxy) is 1. The number of aromatic nitrogens is 2. The number of pyridine rings is 2. The Labute approximate surface area is 152 Å². The van der Waals surface area contributed by atoms with Crippen LogP contribution in [0.5, 0.6) is 5.88 Å². The van der Waals surface area contributed by atoms with Crippen LogP contribution in [0.25, 0.3) is 10.8 Å². The molecule has 1 amide bonds. The third-order valence-electron chi connectivity index (χ3n) is 4.71. The number of fused-ring (bicyclic) bond motifs is 1. The van der Waals surface area contributed by atoms with E-state index in [1.54, 1.807) is 30.6 Å². The summed E-state index contributed by atoms with van der Waals surface area (Å²) < 4.78 is 6.15. The van der Waals surface area contributed by atoms with Crippen molar-refractivity contribution >= 4 is 22.4 Å². The first-order valence-corrected chi connectivity index (χ1v) is 9.07. The molecular weight excluding hydrogens is 326 g/mol. The summed E-state index contributed by atoms with van der Waals surface area (Å²) in [5, 5.41) is 4.85. The van der Waals surface area contributed by atoms with E-state index in [0.717, 1.165) is 29.3 Å². The fourth-order valence-corrected chi connectivity index (χ4v) is 3.35. The zero-order valence-electron chi connectivity index (χ0n) is 14.5. The van der Waals surface area contributed by atoms with E-state index in [4.69, 9.17) is 4.74 Å². The quantitative estimate of drug-likeness (QED) is 0.749. The molecule has 1 fully saturated rings. The largest absolute Gasteiger partial charge is 0.474 e. The zero-order chi connectivity index (χ0) is 17.8. The second-order valence-corrected chi connectivity index (χ2v) is 6.60. The summed E-state index contributed by atoms with van der Waals surface area (Å²) in [4.78, 5) is 20.8. The van der Waals surface area contributed by atoms with Crippen LogP contribution < -0.4 is 10.1 Å². The van der Waals surface area contributed by atoms with Gasteiger partial charge in [-0.3, -0.25) is 9.78 Å². The van der Waals surface area contributed by atoms with Crippen LogP contribution in [0.4, 0.5) is 5.69 Å². The maximum atomic E-state index is 12.3. The van der Waals surface area contributed by atoms with Gasteiger partial charge >= 0.3 is 0 Å². The Morgan fingerprint density at radius 1 is 1.00 bits per heavy atom. The van der Waals surface area contributed by atoms with Crippen molar-refractivity contribution in [1.29, 1.82) is 0 Å². The minimum Gasteiger partial charge on any atom is -0.474 e. The highest BCUT2D eigenvalue weighted by Crippen LogP contribution is 2.29. The van der Waals surface area contributed by atoms with Gasteiger partial charge in [0.25, 0.3) is 5.91 Å².